The predicted octanol–water partition coefficient (Wildman–Crippen LogP) is 2.45. The molecule has 4 atom stereocenters. The van der Waals surface area contributed by atoms with Gasteiger partial charge in [0.1, 0.15) is 5.54 Å². The van der Waals surface area contributed by atoms with E-state index in [0.29, 0.717) is 32.3 Å². The van der Waals surface area contributed by atoms with Crippen molar-refractivity contribution < 1.29 is 19.2 Å². The molecule has 0 aromatic carbocycles. The van der Waals surface area contributed by atoms with Gasteiger partial charge in [-0.05, 0) is 70.1 Å². The highest BCUT2D eigenvalue weighted by molar-refractivity contribution is 6.45. The van der Waals surface area contributed by atoms with Gasteiger partial charge in [0.2, 0.25) is 0 Å². The van der Waals surface area contributed by atoms with Crippen LogP contribution in [0.2, 0.25) is 6.32 Å². The van der Waals surface area contributed by atoms with Crippen molar-refractivity contribution in [3.8, 4) is 0 Å². The van der Waals surface area contributed by atoms with Crippen LogP contribution >= 0.6 is 0 Å². The van der Waals surface area contributed by atoms with Crippen LogP contribution in [-0.2, 0) is 14.1 Å². The summed E-state index contributed by atoms with van der Waals surface area (Å²) in [4.78, 5) is 16.8. The number of carbonyl (C=O) groups is 1. The number of fused-ring (bicyclic) bond motifs is 1. The van der Waals surface area contributed by atoms with Gasteiger partial charge in [-0.3, -0.25) is 10.2 Å². The van der Waals surface area contributed by atoms with Crippen LogP contribution in [-0.4, -0.2) is 58.9 Å². The Kier molecular flexibility index (Phi) is 5.53. The van der Waals surface area contributed by atoms with Gasteiger partial charge in [-0.15, -0.1) is 0 Å². The largest absolute Gasteiger partial charge is 0.481 e. The van der Waals surface area contributed by atoms with Gasteiger partial charge in [0.25, 0.3) is 0 Å². The smallest absolute Gasteiger partial charge is 0.457 e. The molecule has 0 amide bonds. The number of likely N-dealkylation sites (tertiary alicyclic amines) is 1. The van der Waals surface area contributed by atoms with E-state index in [0.717, 1.165) is 0 Å². The fourth-order valence-electron chi connectivity index (χ4n) is 5.19. The molecule has 0 spiro atoms. The number of rotatable bonds is 6. The Hall–Kier alpha value is -1.97. The summed E-state index contributed by atoms with van der Waals surface area (Å²) in [6.45, 7) is 9.06. The van der Waals surface area contributed by atoms with E-state index in [-0.39, 0.29) is 37.3 Å². The lowest BCUT2D eigenvalue weighted by Crippen LogP contribution is -2.44. The van der Waals surface area contributed by atoms with E-state index in [1.54, 1.807) is 4.90 Å². The number of nitrogens with two attached hydrogens (primary N) is 1. The van der Waals surface area contributed by atoms with Gasteiger partial charge in [-0.25, -0.2) is 0 Å². The molecule has 3 aliphatic rings. The summed E-state index contributed by atoms with van der Waals surface area (Å²) in [6, 6.07) is 0. The van der Waals surface area contributed by atoms with E-state index in [4.69, 9.17) is 26.0 Å². The first-order valence-electron chi connectivity index (χ1n) is 10.2. The molecule has 1 aliphatic carbocycles. The highest BCUT2D eigenvalue weighted by Crippen LogP contribution is 2.52. The molecule has 0 aromatic rings. The van der Waals surface area contributed by atoms with Gasteiger partial charge in [0.15, 0.2) is 5.96 Å². The normalized spacial score (nSPS) is 34.7. The maximum atomic E-state index is 12.2. The van der Waals surface area contributed by atoms with E-state index in [1.807, 2.05) is 27.7 Å². The van der Waals surface area contributed by atoms with Gasteiger partial charge in [0, 0.05) is 18.0 Å². The van der Waals surface area contributed by atoms with Crippen molar-refractivity contribution in [1.29, 1.82) is 5.41 Å². The highest BCUT2D eigenvalue weighted by Gasteiger charge is 2.60. The minimum Gasteiger partial charge on any atom is -0.481 e. The second-order valence-electron chi connectivity index (χ2n) is 9.56. The molecule has 2 aliphatic heterocycles. The second kappa shape index (κ2) is 7.38. The minimum atomic E-state index is -1.44. The zero-order valence-electron chi connectivity index (χ0n) is 17.6. The summed E-state index contributed by atoms with van der Waals surface area (Å²) in [5.74, 6) is -1.31. The van der Waals surface area contributed by atoms with Crippen LogP contribution in [0.3, 0.4) is 0 Å². The maximum Gasteiger partial charge on any atom is 0.457 e. The molecule has 0 bridgehead atoms. The van der Waals surface area contributed by atoms with Crippen LogP contribution in [0.4, 0.5) is 0 Å². The molecule has 4 N–H and O–H groups in total. The molecule has 160 valence electrons. The Balaban J connectivity index is 1.72. The topological polar surface area (TPSA) is 158 Å². The van der Waals surface area contributed by atoms with Crippen molar-refractivity contribution in [2.24, 2.45) is 28.6 Å². The van der Waals surface area contributed by atoms with Crippen LogP contribution in [0.25, 0.3) is 10.4 Å². The molecular weight excluding hydrogens is 375 g/mol. The third-order valence-corrected chi connectivity index (χ3v) is 7.39. The van der Waals surface area contributed by atoms with Crippen molar-refractivity contribution in [3.05, 3.63) is 10.4 Å². The zero-order chi connectivity index (χ0) is 21.6. The first kappa shape index (κ1) is 21.7. The lowest BCUT2D eigenvalue weighted by atomic mass is 9.75. The first-order chi connectivity index (χ1) is 13.4. The second-order valence-corrected chi connectivity index (χ2v) is 9.56. The first-order valence-corrected chi connectivity index (χ1v) is 10.2. The van der Waals surface area contributed by atoms with Gasteiger partial charge >= 0.3 is 13.1 Å². The minimum absolute atomic E-state index is 0.0000721. The standard InChI is InChI=1S/C18H31BN6O4/c1-16(2)17(3,4)29-19(28-16)7-5-6-13-12-10-25(15(20)21)9-11(12)8-18(13,14(26)27)23-24-22/h11-13H,5-10H2,1-4H3,(H3,20,21)(H,26,27)/t11-,12+,13-,18-/m0/s1. The van der Waals surface area contributed by atoms with Gasteiger partial charge < -0.3 is 25.0 Å². The fourth-order valence-corrected chi connectivity index (χ4v) is 5.19. The predicted molar refractivity (Wildman–Crippen MR) is 108 cm³/mol. The lowest BCUT2D eigenvalue weighted by Gasteiger charge is -2.32. The highest BCUT2D eigenvalue weighted by atomic mass is 16.7. The Labute approximate surface area is 171 Å². The lowest BCUT2D eigenvalue weighted by molar-refractivity contribution is -0.145. The molecule has 3 fully saturated rings. The van der Waals surface area contributed by atoms with Gasteiger partial charge in [-0.2, -0.15) is 0 Å². The van der Waals surface area contributed by atoms with Crippen LogP contribution in [0.15, 0.2) is 5.11 Å². The summed E-state index contributed by atoms with van der Waals surface area (Å²) < 4.78 is 12.1. The van der Waals surface area contributed by atoms with Crippen molar-refractivity contribution >= 4 is 19.0 Å². The van der Waals surface area contributed by atoms with E-state index >= 15 is 0 Å². The van der Waals surface area contributed by atoms with Crippen LogP contribution in [0.1, 0.15) is 47.0 Å². The Morgan fingerprint density at radius 2 is 1.97 bits per heavy atom. The van der Waals surface area contributed by atoms with Gasteiger partial charge in [-0.1, -0.05) is 11.5 Å². The SMILES string of the molecule is CC1(C)OB(CCC[C@H]2[C@@H]3CN(C(=N)N)C[C@@H]3C[C@@]2(N=[N+]=[N-])C(=O)O)OC1(C)C. The Morgan fingerprint density at radius 3 is 2.48 bits per heavy atom. The van der Waals surface area contributed by atoms with Crippen molar-refractivity contribution in [2.75, 3.05) is 13.1 Å². The quantitative estimate of drug-likeness (QED) is 0.153. The number of aliphatic carboxylic acids is 1. The molecule has 1 saturated carbocycles. The molecule has 2 saturated heterocycles. The van der Waals surface area contributed by atoms with E-state index < -0.39 is 22.7 Å². The number of carboxylic acids is 1. The van der Waals surface area contributed by atoms with Crippen LogP contribution < -0.4 is 5.73 Å². The van der Waals surface area contributed by atoms with E-state index in [2.05, 4.69) is 10.0 Å². The number of hydrogen-bond acceptors (Lipinski definition) is 5. The maximum absolute atomic E-state index is 12.2. The van der Waals surface area contributed by atoms with Crippen molar-refractivity contribution in [3.63, 3.8) is 0 Å². The summed E-state index contributed by atoms with van der Waals surface area (Å²) in [7, 11) is -0.340. The van der Waals surface area contributed by atoms with Crippen molar-refractivity contribution in [1.82, 2.24) is 4.90 Å². The van der Waals surface area contributed by atoms with E-state index in [1.165, 1.54) is 0 Å². The molecule has 3 rings (SSSR count). The third kappa shape index (κ3) is 3.67. The van der Waals surface area contributed by atoms with Crippen molar-refractivity contribution in [2.45, 2.75) is 70.0 Å². The average molecular weight is 406 g/mol. The Bertz CT molecular complexity index is 720. The third-order valence-electron chi connectivity index (χ3n) is 7.39. The molecule has 11 heteroatoms. The van der Waals surface area contributed by atoms with Gasteiger partial charge in [0.05, 0.1) is 11.2 Å². The summed E-state index contributed by atoms with van der Waals surface area (Å²) in [6.07, 6.45) is 2.20. The summed E-state index contributed by atoms with van der Waals surface area (Å²) >= 11 is 0. The molecule has 0 unspecified atom stereocenters. The Morgan fingerprint density at radius 1 is 1.34 bits per heavy atom. The number of guanidine groups is 1. The average Bonchev–Trinajstić information content (AvgIpc) is 3.17. The monoisotopic (exact) mass is 406 g/mol. The molecular formula is C18H31BN6O4. The fraction of sp³-hybridized carbons (Fsp3) is 0.889. The number of hydrogen-bond donors (Lipinski definition) is 3. The zero-order valence-corrected chi connectivity index (χ0v) is 17.6. The molecule has 29 heavy (non-hydrogen) atoms. The van der Waals surface area contributed by atoms with Crippen LogP contribution in [0, 0.1) is 23.2 Å². The van der Waals surface area contributed by atoms with E-state index in [9.17, 15) is 9.90 Å². The molecule has 2 heterocycles. The molecule has 10 nitrogen and oxygen atoms in total. The summed E-state index contributed by atoms with van der Waals surface area (Å²) in [5.41, 5.74) is 12.5. The number of nitrogens with one attached hydrogen (secondary N) is 1. The van der Waals surface area contributed by atoms with Crippen LogP contribution in [0.5, 0.6) is 0 Å². The summed E-state index contributed by atoms with van der Waals surface area (Å²) in [5, 5.41) is 21.4. The molecule has 0 radical (unpaired) electrons. The number of carboxylic acid groups (broad SMARTS) is 1. The number of nitrogens with zero attached hydrogens (tertiary/aromatic N) is 4. The molecule has 0 aromatic heterocycles. The number of azide groups is 1.